The predicted octanol–water partition coefficient (Wildman–Crippen LogP) is 2.56. The number of hydrogen-bond donors (Lipinski definition) is 0. The summed E-state index contributed by atoms with van der Waals surface area (Å²) in [6, 6.07) is 0. The molecule has 1 aliphatic carbocycles. The molecule has 1 amide bonds. The summed E-state index contributed by atoms with van der Waals surface area (Å²) in [5, 5.41) is 0. The van der Waals surface area contributed by atoms with Gasteiger partial charge in [-0.25, -0.2) is 0 Å². The Morgan fingerprint density at radius 2 is 1.83 bits per heavy atom. The Morgan fingerprint density at radius 3 is 2.22 bits per heavy atom. The van der Waals surface area contributed by atoms with Gasteiger partial charge < -0.3 is 9.64 Å². The lowest BCUT2D eigenvalue weighted by atomic mass is 9.90. The van der Waals surface area contributed by atoms with Crippen LogP contribution < -0.4 is 0 Å². The van der Waals surface area contributed by atoms with Crippen LogP contribution in [-0.2, 0) is 9.53 Å². The fraction of sp³-hybridized carbons (Fsp3) is 0.917. The van der Waals surface area contributed by atoms with Crippen LogP contribution in [0.5, 0.6) is 0 Å². The van der Waals surface area contributed by atoms with E-state index < -0.39 is 23.7 Å². The van der Waals surface area contributed by atoms with E-state index in [1.165, 1.54) is 0 Å². The van der Waals surface area contributed by atoms with Crippen LogP contribution in [0.4, 0.5) is 13.2 Å². The van der Waals surface area contributed by atoms with E-state index in [2.05, 4.69) is 0 Å². The molecule has 1 aliphatic heterocycles. The molecule has 0 aromatic rings. The first-order chi connectivity index (χ1) is 8.05. The number of alkyl halides is 3. The van der Waals surface area contributed by atoms with Gasteiger partial charge in [0.25, 0.3) is 0 Å². The van der Waals surface area contributed by atoms with Crippen molar-refractivity contribution in [3.8, 4) is 0 Å². The zero-order valence-electron chi connectivity index (χ0n) is 10.8. The molecule has 0 aromatic heterocycles. The fourth-order valence-electron chi connectivity index (χ4n) is 2.37. The van der Waals surface area contributed by atoms with Crippen LogP contribution in [-0.4, -0.2) is 36.4 Å². The Morgan fingerprint density at radius 1 is 1.28 bits per heavy atom. The van der Waals surface area contributed by atoms with Gasteiger partial charge in [0, 0.05) is 17.4 Å². The number of ether oxygens (including phenoxy) is 1. The zero-order chi connectivity index (χ0) is 13.8. The van der Waals surface area contributed by atoms with Gasteiger partial charge in [0.2, 0.25) is 0 Å². The largest absolute Gasteiger partial charge is 0.471 e. The van der Waals surface area contributed by atoms with Crippen molar-refractivity contribution in [3.05, 3.63) is 0 Å². The van der Waals surface area contributed by atoms with Gasteiger partial charge in [0.15, 0.2) is 0 Å². The molecule has 2 fully saturated rings. The third kappa shape index (κ3) is 2.48. The summed E-state index contributed by atoms with van der Waals surface area (Å²) in [6.45, 7) is 5.95. The molecular weight excluding hydrogens is 247 g/mol. The van der Waals surface area contributed by atoms with E-state index in [9.17, 15) is 18.0 Å². The SMILES string of the molecule is CC(C)(C)C1OCC2(CC2)CN1C(=O)C(F)(F)F. The van der Waals surface area contributed by atoms with E-state index in [4.69, 9.17) is 4.74 Å². The minimum absolute atomic E-state index is 0.160. The normalized spacial score (nSPS) is 27.4. The quantitative estimate of drug-likeness (QED) is 0.673. The number of hydrogen-bond acceptors (Lipinski definition) is 2. The van der Waals surface area contributed by atoms with Crippen molar-refractivity contribution in [2.75, 3.05) is 13.2 Å². The van der Waals surface area contributed by atoms with Crippen LogP contribution in [0.15, 0.2) is 0 Å². The third-order valence-corrected chi connectivity index (χ3v) is 3.54. The van der Waals surface area contributed by atoms with Crippen molar-refractivity contribution in [2.24, 2.45) is 10.8 Å². The Kier molecular flexibility index (Phi) is 2.92. The first-order valence-electron chi connectivity index (χ1n) is 6.05. The van der Waals surface area contributed by atoms with E-state index >= 15 is 0 Å². The molecular formula is C12H18F3NO2. The first kappa shape index (κ1) is 13.6. The number of rotatable bonds is 0. The molecule has 6 heteroatoms. The van der Waals surface area contributed by atoms with Crippen LogP contribution in [0.1, 0.15) is 33.6 Å². The van der Waals surface area contributed by atoms with Gasteiger partial charge in [-0.05, 0) is 12.8 Å². The second kappa shape index (κ2) is 3.85. The van der Waals surface area contributed by atoms with Gasteiger partial charge >= 0.3 is 12.1 Å². The average Bonchev–Trinajstić information content (AvgIpc) is 2.93. The molecule has 1 unspecified atom stereocenters. The molecule has 18 heavy (non-hydrogen) atoms. The number of carbonyl (C=O) groups excluding carboxylic acids is 1. The molecule has 3 nitrogen and oxygen atoms in total. The highest BCUT2D eigenvalue weighted by atomic mass is 19.4. The molecule has 1 heterocycles. The Balaban J connectivity index is 2.22. The number of amides is 1. The molecule has 1 saturated heterocycles. The fourth-order valence-corrected chi connectivity index (χ4v) is 2.37. The van der Waals surface area contributed by atoms with Gasteiger partial charge in [0.1, 0.15) is 6.23 Å². The van der Waals surface area contributed by atoms with Crippen LogP contribution in [0, 0.1) is 10.8 Å². The third-order valence-electron chi connectivity index (χ3n) is 3.54. The number of nitrogens with zero attached hydrogens (tertiary/aromatic N) is 1. The Hall–Kier alpha value is -0.780. The highest BCUT2D eigenvalue weighted by molar-refractivity contribution is 5.82. The van der Waals surface area contributed by atoms with E-state index in [-0.39, 0.29) is 12.0 Å². The molecule has 0 aromatic carbocycles. The highest BCUT2D eigenvalue weighted by Crippen LogP contribution is 2.51. The molecule has 1 spiro atoms. The minimum Gasteiger partial charge on any atom is -0.357 e. The van der Waals surface area contributed by atoms with Gasteiger partial charge in [-0.3, -0.25) is 4.79 Å². The van der Waals surface area contributed by atoms with Gasteiger partial charge in [-0.2, -0.15) is 13.2 Å². The molecule has 1 saturated carbocycles. The van der Waals surface area contributed by atoms with Crippen molar-refractivity contribution in [1.82, 2.24) is 4.90 Å². The molecule has 0 radical (unpaired) electrons. The summed E-state index contributed by atoms with van der Waals surface area (Å²) in [7, 11) is 0. The topological polar surface area (TPSA) is 29.5 Å². The lowest BCUT2D eigenvalue weighted by Gasteiger charge is -2.45. The molecule has 1 atom stereocenters. The van der Waals surface area contributed by atoms with E-state index in [1.807, 2.05) is 0 Å². The molecule has 104 valence electrons. The Bertz CT molecular complexity index is 355. The van der Waals surface area contributed by atoms with E-state index in [0.29, 0.717) is 6.61 Å². The first-order valence-corrected chi connectivity index (χ1v) is 6.05. The van der Waals surface area contributed by atoms with Crippen LogP contribution >= 0.6 is 0 Å². The summed E-state index contributed by atoms with van der Waals surface area (Å²) < 4.78 is 43.4. The Labute approximate surface area is 104 Å². The van der Waals surface area contributed by atoms with Crippen molar-refractivity contribution < 1.29 is 22.7 Å². The lowest BCUT2D eigenvalue weighted by molar-refractivity contribution is -0.222. The maximum atomic E-state index is 12.6. The summed E-state index contributed by atoms with van der Waals surface area (Å²) in [5.41, 5.74) is -0.750. The van der Waals surface area contributed by atoms with Crippen molar-refractivity contribution in [3.63, 3.8) is 0 Å². The number of halogens is 3. The molecule has 0 bridgehead atoms. The molecule has 0 N–H and O–H groups in total. The van der Waals surface area contributed by atoms with Crippen LogP contribution in [0.3, 0.4) is 0 Å². The standard InChI is InChI=1S/C12H18F3NO2/c1-10(2,3)9-16(8(17)12(13,14)15)6-11(4-5-11)7-18-9/h9H,4-7H2,1-3H3. The van der Waals surface area contributed by atoms with Gasteiger partial charge in [-0.15, -0.1) is 0 Å². The maximum Gasteiger partial charge on any atom is 0.471 e. The second-order valence-corrected chi connectivity index (χ2v) is 6.46. The smallest absolute Gasteiger partial charge is 0.357 e. The van der Waals surface area contributed by atoms with Crippen molar-refractivity contribution in [2.45, 2.75) is 46.0 Å². The predicted molar refractivity (Wildman–Crippen MR) is 58.6 cm³/mol. The average molecular weight is 265 g/mol. The lowest BCUT2D eigenvalue weighted by Crippen LogP contribution is -2.58. The van der Waals surface area contributed by atoms with Gasteiger partial charge in [0.05, 0.1) is 6.61 Å². The van der Waals surface area contributed by atoms with Crippen LogP contribution in [0.25, 0.3) is 0 Å². The van der Waals surface area contributed by atoms with Crippen molar-refractivity contribution in [1.29, 1.82) is 0 Å². The second-order valence-electron chi connectivity index (χ2n) is 6.46. The maximum absolute atomic E-state index is 12.6. The highest BCUT2D eigenvalue weighted by Gasteiger charge is 2.56. The summed E-state index contributed by atoms with van der Waals surface area (Å²) in [4.78, 5) is 12.4. The van der Waals surface area contributed by atoms with Crippen LogP contribution in [0.2, 0.25) is 0 Å². The minimum atomic E-state index is -4.83. The molecule has 2 rings (SSSR count). The van der Waals surface area contributed by atoms with Crippen molar-refractivity contribution >= 4 is 5.91 Å². The summed E-state index contributed by atoms with van der Waals surface area (Å²) in [5.74, 6) is -1.78. The van der Waals surface area contributed by atoms with Gasteiger partial charge in [-0.1, -0.05) is 20.8 Å². The van der Waals surface area contributed by atoms with E-state index in [1.54, 1.807) is 20.8 Å². The summed E-state index contributed by atoms with van der Waals surface area (Å²) in [6.07, 6.45) is -3.96. The zero-order valence-corrected chi connectivity index (χ0v) is 10.8. The van der Waals surface area contributed by atoms with E-state index in [0.717, 1.165) is 17.7 Å². The monoisotopic (exact) mass is 265 g/mol. The molecule has 2 aliphatic rings. The number of carbonyl (C=O) groups is 1. The summed E-state index contributed by atoms with van der Waals surface area (Å²) >= 11 is 0.